The molecule has 1 rings (SSSR count). The lowest BCUT2D eigenvalue weighted by molar-refractivity contribution is 0.523. The second-order valence-electron chi connectivity index (χ2n) is 10.8. The molecule has 0 spiro atoms. The van der Waals surface area contributed by atoms with Crippen LogP contribution in [0.2, 0.25) is 0 Å². The van der Waals surface area contributed by atoms with Crippen LogP contribution in [0.15, 0.2) is 24.3 Å². The van der Waals surface area contributed by atoms with Crippen molar-refractivity contribution in [3.63, 3.8) is 0 Å². The predicted octanol–water partition coefficient (Wildman–Crippen LogP) is 9.64. The molecular formula is C30H56P2. The average Bonchev–Trinajstić information content (AvgIpc) is 2.82. The van der Waals surface area contributed by atoms with Crippen LogP contribution in [-0.4, -0.2) is 22.6 Å². The third kappa shape index (κ3) is 7.29. The van der Waals surface area contributed by atoms with E-state index in [1.54, 1.807) is 10.6 Å². The van der Waals surface area contributed by atoms with Gasteiger partial charge in [0.05, 0.1) is 0 Å². The van der Waals surface area contributed by atoms with Gasteiger partial charge in [-0.3, -0.25) is 0 Å². The van der Waals surface area contributed by atoms with E-state index in [1.165, 1.54) is 25.7 Å². The Morgan fingerprint density at radius 1 is 0.469 bits per heavy atom. The van der Waals surface area contributed by atoms with Crippen LogP contribution in [0, 0.1) is 23.7 Å². The third-order valence-corrected chi connectivity index (χ3v) is 16.7. The first-order valence-corrected chi connectivity index (χ1v) is 16.7. The Labute approximate surface area is 205 Å². The standard InChI is InChI=1S/C30H56P2/c1-13-21(5)25(9)31(26(10)22(6)14-2)29-19-17-18-20-30(29)32(27(11)23(7)15-3)28(12)24(8)16-4/h17-28H,13-16H2,1-12H3. The minimum absolute atomic E-state index is 0.202. The zero-order chi connectivity index (χ0) is 24.6. The van der Waals surface area contributed by atoms with Gasteiger partial charge in [0.2, 0.25) is 0 Å². The Balaban J connectivity index is 3.71. The molecule has 8 atom stereocenters. The maximum atomic E-state index is 2.58. The fourth-order valence-corrected chi connectivity index (χ4v) is 13.1. The molecule has 8 unspecified atom stereocenters. The molecule has 186 valence electrons. The van der Waals surface area contributed by atoms with Crippen LogP contribution < -0.4 is 10.6 Å². The third-order valence-electron chi connectivity index (χ3n) is 9.06. The first-order valence-electron chi connectivity index (χ1n) is 13.7. The number of hydrogen-bond donors (Lipinski definition) is 0. The molecule has 0 N–H and O–H groups in total. The van der Waals surface area contributed by atoms with Gasteiger partial charge in [-0.2, -0.15) is 0 Å². The summed E-state index contributed by atoms with van der Waals surface area (Å²) in [6.07, 6.45) is 5.15. The van der Waals surface area contributed by atoms with E-state index in [0.717, 1.165) is 46.3 Å². The Morgan fingerprint density at radius 2 is 0.688 bits per heavy atom. The summed E-state index contributed by atoms with van der Waals surface area (Å²) >= 11 is 0. The molecule has 0 saturated carbocycles. The highest BCUT2D eigenvalue weighted by Gasteiger charge is 2.36. The summed E-state index contributed by atoms with van der Waals surface area (Å²) in [5.74, 6) is 3.13. The molecule has 1 aromatic rings. The summed E-state index contributed by atoms with van der Waals surface area (Å²) in [4.78, 5) is 0. The summed E-state index contributed by atoms with van der Waals surface area (Å²) in [6.45, 7) is 29.8. The monoisotopic (exact) mass is 478 g/mol. The highest BCUT2D eigenvalue weighted by atomic mass is 31.1. The molecule has 32 heavy (non-hydrogen) atoms. The van der Waals surface area contributed by atoms with Gasteiger partial charge in [-0.15, -0.1) is 0 Å². The van der Waals surface area contributed by atoms with Crippen LogP contribution in [0.25, 0.3) is 0 Å². The summed E-state index contributed by atoms with van der Waals surface area (Å²) in [5, 5.41) is 3.53. The molecule has 0 heterocycles. The lowest BCUT2D eigenvalue weighted by Crippen LogP contribution is -2.37. The first-order chi connectivity index (χ1) is 15.1. The molecule has 0 fully saturated rings. The van der Waals surface area contributed by atoms with E-state index in [1.807, 2.05) is 0 Å². The molecule has 0 aliphatic carbocycles. The van der Waals surface area contributed by atoms with E-state index in [2.05, 4.69) is 107 Å². The largest absolute Gasteiger partial charge is 0.0683 e. The maximum Gasteiger partial charge on any atom is -0.0158 e. The topological polar surface area (TPSA) is 0 Å². The predicted molar refractivity (Wildman–Crippen MR) is 155 cm³/mol. The van der Waals surface area contributed by atoms with Crippen LogP contribution in [-0.2, 0) is 0 Å². The van der Waals surface area contributed by atoms with Gasteiger partial charge in [0.1, 0.15) is 0 Å². The Kier molecular flexibility index (Phi) is 13.6. The van der Waals surface area contributed by atoms with Crippen LogP contribution in [0.1, 0.15) is 109 Å². The molecular weight excluding hydrogens is 422 g/mol. The first kappa shape index (κ1) is 30.1. The smallest absolute Gasteiger partial charge is 0.0158 e. The van der Waals surface area contributed by atoms with Gasteiger partial charge in [-0.25, -0.2) is 0 Å². The number of rotatable bonds is 14. The molecule has 0 aromatic heterocycles. The van der Waals surface area contributed by atoms with E-state index in [9.17, 15) is 0 Å². The van der Waals surface area contributed by atoms with Crippen molar-refractivity contribution in [2.45, 2.75) is 131 Å². The van der Waals surface area contributed by atoms with Gasteiger partial charge in [-0.05, 0) is 56.9 Å². The molecule has 0 radical (unpaired) electrons. The number of hydrogen-bond acceptors (Lipinski definition) is 0. The van der Waals surface area contributed by atoms with Crippen molar-refractivity contribution < 1.29 is 0 Å². The van der Waals surface area contributed by atoms with Gasteiger partial charge >= 0.3 is 0 Å². The van der Waals surface area contributed by atoms with Gasteiger partial charge < -0.3 is 0 Å². The van der Waals surface area contributed by atoms with Gasteiger partial charge in [0.25, 0.3) is 0 Å². The van der Waals surface area contributed by atoms with E-state index in [0.29, 0.717) is 0 Å². The second-order valence-corrected chi connectivity index (χ2v) is 16.7. The second kappa shape index (κ2) is 14.5. The van der Waals surface area contributed by atoms with E-state index < -0.39 is 0 Å². The van der Waals surface area contributed by atoms with Gasteiger partial charge in [0, 0.05) is 0 Å². The van der Waals surface area contributed by atoms with Crippen molar-refractivity contribution >= 4 is 26.5 Å². The molecule has 0 bridgehead atoms. The minimum atomic E-state index is -0.202. The van der Waals surface area contributed by atoms with Crippen LogP contribution in [0.3, 0.4) is 0 Å². The Bertz CT molecular complexity index is 554. The van der Waals surface area contributed by atoms with E-state index in [4.69, 9.17) is 0 Å². The highest BCUT2D eigenvalue weighted by Crippen LogP contribution is 2.56. The van der Waals surface area contributed by atoms with Crippen molar-refractivity contribution in [1.82, 2.24) is 0 Å². The zero-order valence-electron chi connectivity index (χ0n) is 23.7. The Morgan fingerprint density at radius 3 is 0.875 bits per heavy atom. The Hall–Kier alpha value is 0.0800. The van der Waals surface area contributed by atoms with Crippen LogP contribution in [0.5, 0.6) is 0 Å². The highest BCUT2D eigenvalue weighted by molar-refractivity contribution is 7.73. The molecule has 0 aliphatic rings. The molecule has 1 aromatic carbocycles. The molecule has 0 saturated heterocycles. The van der Waals surface area contributed by atoms with E-state index in [-0.39, 0.29) is 15.8 Å². The summed E-state index contributed by atoms with van der Waals surface area (Å²) in [5.41, 5.74) is 3.09. The van der Waals surface area contributed by atoms with E-state index >= 15 is 0 Å². The fraction of sp³-hybridized carbons (Fsp3) is 0.800. The summed E-state index contributed by atoms with van der Waals surface area (Å²) in [7, 11) is -0.405. The van der Waals surface area contributed by atoms with Crippen molar-refractivity contribution in [3.05, 3.63) is 24.3 Å². The van der Waals surface area contributed by atoms with Crippen molar-refractivity contribution in [1.29, 1.82) is 0 Å². The molecule has 2 heteroatoms. The SMILES string of the molecule is CCC(C)C(C)P(c1ccccc1P(C(C)C(C)CC)C(C)C(C)CC)C(C)C(C)CC. The summed E-state index contributed by atoms with van der Waals surface area (Å²) < 4.78 is 0. The van der Waals surface area contributed by atoms with Gasteiger partial charge in [-0.1, -0.05) is 149 Å². The quantitative estimate of drug-likeness (QED) is 0.233. The van der Waals surface area contributed by atoms with Crippen molar-refractivity contribution in [3.8, 4) is 0 Å². The lowest BCUT2D eigenvalue weighted by atomic mass is 10.1. The maximum absolute atomic E-state index is 2.58. The molecule has 0 aliphatic heterocycles. The summed E-state index contributed by atoms with van der Waals surface area (Å²) in [6, 6.07) is 9.80. The van der Waals surface area contributed by atoms with Crippen molar-refractivity contribution in [2.24, 2.45) is 23.7 Å². The number of benzene rings is 1. The zero-order valence-corrected chi connectivity index (χ0v) is 25.4. The minimum Gasteiger partial charge on any atom is -0.0683 e. The molecule has 0 amide bonds. The average molecular weight is 479 g/mol. The van der Waals surface area contributed by atoms with Crippen LogP contribution >= 0.6 is 15.8 Å². The molecule has 0 nitrogen and oxygen atoms in total. The lowest BCUT2D eigenvalue weighted by Gasteiger charge is -2.42. The normalized spacial score (nSPS) is 21.6. The van der Waals surface area contributed by atoms with Gasteiger partial charge in [0.15, 0.2) is 0 Å². The van der Waals surface area contributed by atoms with Crippen molar-refractivity contribution in [2.75, 3.05) is 0 Å². The van der Waals surface area contributed by atoms with Crippen LogP contribution in [0.4, 0.5) is 0 Å². The fourth-order valence-electron chi connectivity index (χ4n) is 4.98.